The van der Waals surface area contributed by atoms with Gasteiger partial charge in [0.2, 0.25) is 0 Å². The summed E-state index contributed by atoms with van der Waals surface area (Å²) >= 11 is 3.26. The number of nitrogens with zero attached hydrogens (tertiary/aromatic N) is 2. The van der Waals surface area contributed by atoms with Crippen LogP contribution in [0.5, 0.6) is 0 Å². The smallest absolute Gasteiger partial charge is 0.173 e. The molecule has 0 radical (unpaired) electrons. The molecular formula is C16H21BrN2O. The van der Waals surface area contributed by atoms with Gasteiger partial charge in [0.15, 0.2) is 5.78 Å². The zero-order valence-electron chi connectivity index (χ0n) is 12.5. The summed E-state index contributed by atoms with van der Waals surface area (Å²) in [4.78, 5) is 12.0. The van der Waals surface area contributed by atoms with E-state index in [2.05, 4.69) is 47.9 Å². The number of alkyl halides is 1. The Balaban J connectivity index is 2.46. The van der Waals surface area contributed by atoms with Gasteiger partial charge < -0.3 is 0 Å². The maximum absolute atomic E-state index is 12.0. The molecule has 0 amide bonds. The first kappa shape index (κ1) is 15.2. The summed E-state index contributed by atoms with van der Waals surface area (Å²) < 4.78 is 0. The van der Waals surface area contributed by atoms with Gasteiger partial charge in [-0.3, -0.25) is 9.80 Å². The Labute approximate surface area is 129 Å². The van der Waals surface area contributed by atoms with Gasteiger partial charge in [-0.25, -0.2) is 0 Å². The van der Waals surface area contributed by atoms with E-state index in [-0.39, 0.29) is 17.1 Å². The normalized spacial score (nSPS) is 18.6. The number of likely N-dealkylation sites (N-methyl/N-ethyl adjacent to an activating group) is 1. The largest absolute Gasteiger partial charge is 0.299 e. The van der Waals surface area contributed by atoms with Crippen molar-refractivity contribution in [3.8, 4) is 0 Å². The molecule has 0 saturated heterocycles. The highest BCUT2D eigenvalue weighted by Crippen LogP contribution is 2.29. The standard InChI is InChI=1S/C16H21BrN2O/c1-16(2,3)14-6-11(13-9-18-19(4)10-13)5-12(7-14)15(20)8-17/h5-7,9,13H,8,10H2,1-4H3. The number of benzene rings is 1. The predicted octanol–water partition coefficient (Wildman–Crippen LogP) is 3.58. The van der Waals surface area contributed by atoms with Gasteiger partial charge >= 0.3 is 0 Å². The van der Waals surface area contributed by atoms with Gasteiger partial charge in [0.05, 0.1) is 5.33 Å². The number of carbonyl (C=O) groups is 1. The van der Waals surface area contributed by atoms with Crippen LogP contribution in [-0.2, 0) is 5.41 Å². The quantitative estimate of drug-likeness (QED) is 0.624. The maximum atomic E-state index is 12.0. The van der Waals surface area contributed by atoms with E-state index in [0.717, 1.165) is 12.1 Å². The highest BCUT2D eigenvalue weighted by molar-refractivity contribution is 9.09. The Hall–Kier alpha value is -1.16. The van der Waals surface area contributed by atoms with Crippen LogP contribution in [0.4, 0.5) is 0 Å². The molecule has 1 aliphatic rings. The van der Waals surface area contributed by atoms with Crippen molar-refractivity contribution in [3.05, 3.63) is 34.9 Å². The number of ketones is 1. The van der Waals surface area contributed by atoms with Crippen LogP contribution in [0, 0.1) is 0 Å². The average molecular weight is 337 g/mol. The molecule has 0 aromatic heterocycles. The van der Waals surface area contributed by atoms with E-state index in [1.807, 2.05) is 30.4 Å². The third-order valence-electron chi connectivity index (χ3n) is 3.60. The SMILES string of the molecule is CN1CC(c2cc(C(=O)CBr)cc(C(C)(C)C)c2)C=N1. The van der Waals surface area contributed by atoms with Crippen LogP contribution in [0.15, 0.2) is 23.3 Å². The molecule has 1 aliphatic heterocycles. The minimum atomic E-state index is 0.0268. The fraction of sp³-hybridized carbons (Fsp3) is 0.500. The number of rotatable bonds is 3. The molecule has 4 heteroatoms. The van der Waals surface area contributed by atoms with Gasteiger partial charge in [-0.15, -0.1) is 0 Å². The molecule has 1 aromatic rings. The summed E-state index contributed by atoms with van der Waals surface area (Å²) in [7, 11) is 1.97. The lowest BCUT2D eigenvalue weighted by Crippen LogP contribution is -2.16. The first-order chi connectivity index (χ1) is 9.31. The van der Waals surface area contributed by atoms with Crippen LogP contribution < -0.4 is 0 Å². The molecule has 0 aliphatic carbocycles. The molecular weight excluding hydrogens is 316 g/mol. The van der Waals surface area contributed by atoms with Crippen molar-refractivity contribution in [2.24, 2.45) is 5.10 Å². The van der Waals surface area contributed by atoms with Crippen molar-refractivity contribution in [1.82, 2.24) is 5.01 Å². The van der Waals surface area contributed by atoms with Crippen molar-refractivity contribution < 1.29 is 4.79 Å². The molecule has 1 aromatic carbocycles. The van der Waals surface area contributed by atoms with E-state index in [9.17, 15) is 4.79 Å². The molecule has 0 fully saturated rings. The monoisotopic (exact) mass is 336 g/mol. The Bertz CT molecular complexity index is 546. The van der Waals surface area contributed by atoms with Gasteiger partial charge in [-0.05, 0) is 28.7 Å². The van der Waals surface area contributed by atoms with E-state index in [1.54, 1.807) is 0 Å². The number of hydrazone groups is 1. The number of carbonyl (C=O) groups excluding carboxylic acids is 1. The molecule has 1 heterocycles. The van der Waals surface area contributed by atoms with Gasteiger partial charge in [0, 0.05) is 31.3 Å². The van der Waals surface area contributed by atoms with Gasteiger partial charge in [-0.1, -0.05) is 42.8 Å². The summed E-state index contributed by atoms with van der Waals surface area (Å²) in [5.74, 6) is 0.393. The molecule has 1 unspecified atom stereocenters. The second kappa shape index (κ2) is 5.68. The van der Waals surface area contributed by atoms with Crippen LogP contribution >= 0.6 is 15.9 Å². The van der Waals surface area contributed by atoms with Crippen LogP contribution in [0.2, 0.25) is 0 Å². The average Bonchev–Trinajstić information content (AvgIpc) is 2.83. The van der Waals surface area contributed by atoms with Crippen molar-refractivity contribution >= 4 is 27.9 Å². The second-order valence-corrected chi connectivity index (χ2v) is 6.92. The summed E-state index contributed by atoms with van der Waals surface area (Å²) in [6, 6.07) is 6.23. The Morgan fingerprint density at radius 3 is 2.60 bits per heavy atom. The molecule has 2 rings (SSSR count). The molecule has 1 atom stereocenters. The number of hydrogen-bond donors (Lipinski definition) is 0. The number of Topliss-reactive ketones (excluding diaryl/α,β-unsaturated/α-hetero) is 1. The highest BCUT2D eigenvalue weighted by atomic mass is 79.9. The number of hydrogen-bond acceptors (Lipinski definition) is 3. The Morgan fingerprint density at radius 1 is 1.40 bits per heavy atom. The highest BCUT2D eigenvalue weighted by Gasteiger charge is 2.22. The lowest BCUT2D eigenvalue weighted by atomic mass is 9.83. The minimum Gasteiger partial charge on any atom is -0.299 e. The first-order valence-corrected chi connectivity index (χ1v) is 7.93. The zero-order chi connectivity index (χ0) is 14.9. The van der Waals surface area contributed by atoms with Crippen LogP contribution in [0.25, 0.3) is 0 Å². The summed E-state index contributed by atoms with van der Waals surface area (Å²) in [6.45, 7) is 7.38. The van der Waals surface area contributed by atoms with E-state index in [1.165, 1.54) is 11.1 Å². The van der Waals surface area contributed by atoms with Crippen molar-refractivity contribution in [2.75, 3.05) is 18.9 Å². The molecule has 20 heavy (non-hydrogen) atoms. The molecule has 108 valence electrons. The van der Waals surface area contributed by atoms with Crippen LogP contribution in [-0.4, -0.2) is 35.9 Å². The molecule has 0 saturated carbocycles. The fourth-order valence-electron chi connectivity index (χ4n) is 2.30. The van der Waals surface area contributed by atoms with Crippen molar-refractivity contribution in [2.45, 2.75) is 32.1 Å². The zero-order valence-corrected chi connectivity index (χ0v) is 14.1. The third kappa shape index (κ3) is 3.29. The second-order valence-electron chi connectivity index (χ2n) is 6.36. The van der Waals surface area contributed by atoms with E-state index < -0.39 is 0 Å². The summed E-state index contributed by atoms with van der Waals surface area (Å²) in [6.07, 6.45) is 1.96. The molecule has 3 nitrogen and oxygen atoms in total. The fourth-order valence-corrected chi connectivity index (χ4v) is 2.63. The van der Waals surface area contributed by atoms with Gasteiger partial charge in [0.25, 0.3) is 0 Å². The molecule has 0 N–H and O–H groups in total. The van der Waals surface area contributed by atoms with Gasteiger partial charge in [-0.2, -0.15) is 5.10 Å². The summed E-state index contributed by atoms with van der Waals surface area (Å²) in [5.41, 5.74) is 3.18. The van der Waals surface area contributed by atoms with E-state index >= 15 is 0 Å². The van der Waals surface area contributed by atoms with E-state index in [0.29, 0.717) is 5.33 Å². The van der Waals surface area contributed by atoms with Crippen molar-refractivity contribution in [3.63, 3.8) is 0 Å². The lowest BCUT2D eigenvalue weighted by molar-refractivity contribution is 0.102. The Kier molecular flexibility index (Phi) is 4.33. The van der Waals surface area contributed by atoms with E-state index in [4.69, 9.17) is 0 Å². The molecule has 0 spiro atoms. The topological polar surface area (TPSA) is 32.7 Å². The maximum Gasteiger partial charge on any atom is 0.173 e. The molecule has 0 bridgehead atoms. The van der Waals surface area contributed by atoms with Crippen molar-refractivity contribution in [1.29, 1.82) is 0 Å². The number of halogens is 1. The summed E-state index contributed by atoms with van der Waals surface area (Å²) in [5, 5.41) is 6.59. The van der Waals surface area contributed by atoms with Crippen LogP contribution in [0.1, 0.15) is 48.2 Å². The first-order valence-electron chi connectivity index (χ1n) is 6.81. The van der Waals surface area contributed by atoms with Crippen LogP contribution in [0.3, 0.4) is 0 Å². The lowest BCUT2D eigenvalue weighted by Gasteiger charge is -2.22. The Morgan fingerprint density at radius 2 is 2.10 bits per heavy atom. The predicted molar refractivity (Wildman–Crippen MR) is 87.1 cm³/mol. The minimum absolute atomic E-state index is 0.0268. The third-order valence-corrected chi connectivity index (χ3v) is 4.11. The van der Waals surface area contributed by atoms with Gasteiger partial charge in [0.1, 0.15) is 0 Å².